The molecule has 0 spiro atoms. The molecule has 0 bridgehead atoms. The zero-order chi connectivity index (χ0) is 5.28. The summed E-state index contributed by atoms with van der Waals surface area (Å²) in [5.41, 5.74) is 0. The van der Waals surface area contributed by atoms with Crippen molar-refractivity contribution < 1.29 is 0 Å². The SMILES string of the molecule is CC(C)C1S[SiH2]S1. The van der Waals surface area contributed by atoms with Gasteiger partial charge in [-0.25, -0.2) is 0 Å². The van der Waals surface area contributed by atoms with Gasteiger partial charge in [0, 0.05) is 4.58 Å². The van der Waals surface area contributed by atoms with Gasteiger partial charge in [0.15, 0.2) is 0 Å². The highest BCUT2D eigenvalue weighted by Crippen LogP contribution is 2.40. The molecular weight excluding hydrogens is 140 g/mol. The third-order valence-electron chi connectivity index (χ3n) is 1.01. The molecule has 1 heterocycles. The molecule has 0 aliphatic carbocycles. The van der Waals surface area contributed by atoms with E-state index in [0.29, 0.717) is 7.82 Å². The van der Waals surface area contributed by atoms with Crippen molar-refractivity contribution in [2.45, 2.75) is 18.4 Å². The van der Waals surface area contributed by atoms with E-state index in [0.717, 1.165) is 10.5 Å². The lowest BCUT2D eigenvalue weighted by molar-refractivity contribution is 0.723. The molecule has 0 unspecified atom stereocenters. The van der Waals surface area contributed by atoms with Crippen LogP contribution < -0.4 is 0 Å². The molecule has 0 nitrogen and oxygen atoms in total. The Morgan fingerprint density at radius 3 is 2.00 bits per heavy atom. The molecule has 0 aromatic rings. The molecule has 1 aliphatic heterocycles. The minimum Gasteiger partial charge on any atom is -0.166 e. The molecule has 0 aromatic carbocycles. The number of rotatable bonds is 1. The van der Waals surface area contributed by atoms with Crippen LogP contribution in [0.5, 0.6) is 0 Å². The summed E-state index contributed by atoms with van der Waals surface area (Å²) in [6, 6.07) is 0. The Bertz CT molecular complexity index is 60.7. The van der Waals surface area contributed by atoms with Crippen LogP contribution in [0.15, 0.2) is 0 Å². The van der Waals surface area contributed by atoms with Crippen LogP contribution >= 0.6 is 22.4 Å². The number of hydrogen-bond donors (Lipinski definition) is 0. The molecule has 1 rings (SSSR count). The van der Waals surface area contributed by atoms with Crippen molar-refractivity contribution >= 4 is 30.2 Å². The van der Waals surface area contributed by atoms with Gasteiger partial charge in [0.1, 0.15) is 7.82 Å². The summed E-state index contributed by atoms with van der Waals surface area (Å²) < 4.78 is 0.978. The average Bonchev–Trinajstić information content (AvgIpc) is 1.23. The van der Waals surface area contributed by atoms with Crippen LogP contribution in [-0.2, 0) is 0 Å². The van der Waals surface area contributed by atoms with Gasteiger partial charge >= 0.3 is 0 Å². The fourth-order valence-electron chi connectivity index (χ4n) is 0.532. The van der Waals surface area contributed by atoms with Gasteiger partial charge in [-0.2, -0.15) is 22.4 Å². The van der Waals surface area contributed by atoms with E-state index in [1.165, 1.54) is 0 Å². The van der Waals surface area contributed by atoms with Gasteiger partial charge in [-0.3, -0.25) is 0 Å². The van der Waals surface area contributed by atoms with Crippen molar-refractivity contribution in [2.75, 3.05) is 0 Å². The monoisotopic (exact) mass is 150 g/mol. The van der Waals surface area contributed by atoms with E-state index in [2.05, 4.69) is 36.3 Å². The van der Waals surface area contributed by atoms with Gasteiger partial charge in [0.05, 0.1) is 0 Å². The van der Waals surface area contributed by atoms with E-state index >= 15 is 0 Å². The van der Waals surface area contributed by atoms with Crippen LogP contribution in [0.3, 0.4) is 0 Å². The Balaban J connectivity index is 2.14. The van der Waals surface area contributed by atoms with Crippen molar-refractivity contribution in [1.82, 2.24) is 0 Å². The lowest BCUT2D eigenvalue weighted by Crippen LogP contribution is -2.16. The Hall–Kier alpha value is 0.917. The summed E-state index contributed by atoms with van der Waals surface area (Å²) in [6.07, 6.45) is 0. The summed E-state index contributed by atoms with van der Waals surface area (Å²) in [7, 11) is 0.348. The van der Waals surface area contributed by atoms with Crippen LogP contribution in [-0.4, -0.2) is 12.4 Å². The van der Waals surface area contributed by atoms with E-state index < -0.39 is 0 Å². The van der Waals surface area contributed by atoms with E-state index in [9.17, 15) is 0 Å². The number of hydrogen-bond acceptors (Lipinski definition) is 2. The van der Waals surface area contributed by atoms with Gasteiger partial charge in [-0.05, 0) is 5.92 Å². The molecule has 1 fully saturated rings. The standard InChI is InChI=1S/C4H10S2Si/c1-3(2)4-5-7-6-4/h3-4H,7H2,1-2H3. The maximum absolute atomic E-state index is 2.30. The van der Waals surface area contributed by atoms with Crippen molar-refractivity contribution in [3.63, 3.8) is 0 Å². The van der Waals surface area contributed by atoms with Gasteiger partial charge < -0.3 is 0 Å². The van der Waals surface area contributed by atoms with Crippen molar-refractivity contribution in [3.05, 3.63) is 0 Å². The van der Waals surface area contributed by atoms with Crippen LogP contribution in [0.1, 0.15) is 13.8 Å². The zero-order valence-corrected chi connectivity index (χ0v) is 7.73. The lowest BCUT2D eigenvalue weighted by Gasteiger charge is -2.27. The molecule has 7 heavy (non-hydrogen) atoms. The largest absolute Gasteiger partial charge is 0.166 e. The van der Waals surface area contributed by atoms with Crippen LogP contribution in [0.2, 0.25) is 0 Å². The van der Waals surface area contributed by atoms with Gasteiger partial charge in [-0.15, -0.1) is 0 Å². The highest BCUT2D eigenvalue weighted by Gasteiger charge is 2.21. The molecule has 3 heteroatoms. The molecule has 0 amide bonds. The molecule has 0 atom stereocenters. The van der Waals surface area contributed by atoms with Crippen molar-refractivity contribution in [1.29, 1.82) is 0 Å². The fourth-order valence-corrected chi connectivity index (χ4v) is 7.42. The predicted molar refractivity (Wildman–Crippen MR) is 42.4 cm³/mol. The second kappa shape index (κ2) is 2.46. The van der Waals surface area contributed by atoms with Gasteiger partial charge in [0.2, 0.25) is 0 Å². The van der Waals surface area contributed by atoms with E-state index in [-0.39, 0.29) is 0 Å². The van der Waals surface area contributed by atoms with Crippen molar-refractivity contribution in [2.24, 2.45) is 5.92 Å². The molecule has 0 aromatic heterocycles. The summed E-state index contributed by atoms with van der Waals surface area (Å²) in [5.74, 6) is 0.913. The van der Waals surface area contributed by atoms with E-state index in [4.69, 9.17) is 0 Å². The maximum atomic E-state index is 2.30. The summed E-state index contributed by atoms with van der Waals surface area (Å²) in [6.45, 7) is 4.61. The minimum atomic E-state index is 0.348. The summed E-state index contributed by atoms with van der Waals surface area (Å²) >= 11 is 4.43. The van der Waals surface area contributed by atoms with Crippen molar-refractivity contribution in [3.8, 4) is 0 Å². The fraction of sp³-hybridized carbons (Fsp3) is 1.00. The first kappa shape index (κ1) is 6.04. The topological polar surface area (TPSA) is 0 Å². The van der Waals surface area contributed by atoms with Gasteiger partial charge in [-0.1, -0.05) is 13.8 Å². The third-order valence-corrected chi connectivity index (χ3v) is 10.7. The first-order valence-electron chi connectivity index (χ1n) is 2.54. The second-order valence-corrected chi connectivity index (χ2v) is 9.11. The van der Waals surface area contributed by atoms with Gasteiger partial charge in [0.25, 0.3) is 0 Å². The molecule has 0 N–H and O–H groups in total. The average molecular weight is 150 g/mol. The first-order chi connectivity index (χ1) is 3.30. The molecule has 0 saturated carbocycles. The smallest absolute Gasteiger partial charge is 0.149 e. The molecule has 42 valence electrons. The Kier molecular flexibility index (Phi) is 2.13. The zero-order valence-electron chi connectivity index (χ0n) is 4.68. The predicted octanol–water partition coefficient (Wildman–Crippen LogP) is 1.45. The summed E-state index contributed by atoms with van der Waals surface area (Å²) in [4.78, 5) is 0. The third kappa shape index (κ3) is 1.40. The Labute approximate surface area is 54.9 Å². The quantitative estimate of drug-likeness (QED) is 0.519. The van der Waals surface area contributed by atoms with Crippen LogP contribution in [0, 0.1) is 5.92 Å². The second-order valence-electron chi connectivity index (χ2n) is 2.06. The van der Waals surface area contributed by atoms with E-state index in [1.807, 2.05) is 0 Å². The highest BCUT2D eigenvalue weighted by atomic mass is 32.6. The first-order valence-corrected chi connectivity index (χ1v) is 8.10. The highest BCUT2D eigenvalue weighted by molar-refractivity contribution is 8.64. The lowest BCUT2D eigenvalue weighted by atomic mass is 10.3. The molecule has 0 radical (unpaired) electrons. The van der Waals surface area contributed by atoms with Crippen LogP contribution in [0.4, 0.5) is 0 Å². The minimum absolute atomic E-state index is 0.348. The van der Waals surface area contributed by atoms with E-state index in [1.54, 1.807) is 0 Å². The molecular formula is C4H10S2Si. The summed E-state index contributed by atoms with van der Waals surface area (Å²) in [5, 5.41) is 0. The molecule has 1 aliphatic rings. The van der Waals surface area contributed by atoms with Crippen LogP contribution in [0.25, 0.3) is 0 Å². The normalized spacial score (nSPS) is 33.9. The Morgan fingerprint density at radius 1 is 1.43 bits per heavy atom. The Morgan fingerprint density at radius 2 is 2.00 bits per heavy atom. The maximum Gasteiger partial charge on any atom is 0.149 e. The molecule has 1 saturated heterocycles.